The van der Waals surface area contributed by atoms with E-state index in [9.17, 15) is 9.59 Å². The second-order valence-electron chi connectivity index (χ2n) is 6.63. The van der Waals surface area contributed by atoms with E-state index in [0.29, 0.717) is 16.7 Å². The molecule has 0 aromatic heterocycles. The lowest BCUT2D eigenvalue weighted by Gasteiger charge is -2.34. The van der Waals surface area contributed by atoms with Gasteiger partial charge < -0.3 is 10.1 Å². The van der Waals surface area contributed by atoms with Crippen molar-refractivity contribution in [3.05, 3.63) is 29.3 Å². The number of nitrogens with zero attached hydrogens (tertiary/aromatic N) is 1. The Morgan fingerprint density at radius 3 is 2.75 bits per heavy atom. The van der Waals surface area contributed by atoms with Crippen LogP contribution in [0.5, 0.6) is 5.75 Å². The first-order valence-electron chi connectivity index (χ1n) is 8.56. The first kappa shape index (κ1) is 17.1. The van der Waals surface area contributed by atoms with E-state index in [1.54, 1.807) is 24.3 Å². The van der Waals surface area contributed by atoms with Crippen molar-refractivity contribution in [2.45, 2.75) is 44.6 Å². The highest BCUT2D eigenvalue weighted by atomic mass is 35.5. The molecule has 2 aliphatic rings. The lowest BCUT2D eigenvalue weighted by Crippen LogP contribution is -2.49. The van der Waals surface area contributed by atoms with Crippen molar-refractivity contribution in [1.29, 1.82) is 0 Å². The molecule has 1 saturated heterocycles. The molecule has 24 heavy (non-hydrogen) atoms. The van der Waals surface area contributed by atoms with Gasteiger partial charge in [0.15, 0.2) is 0 Å². The largest absolute Gasteiger partial charge is 0.492 e. The minimum absolute atomic E-state index is 0.100. The maximum atomic E-state index is 12.8. The Balaban J connectivity index is 1.57. The number of urea groups is 1. The van der Waals surface area contributed by atoms with Gasteiger partial charge in [-0.1, -0.05) is 31.0 Å². The van der Waals surface area contributed by atoms with Crippen LogP contribution in [0.2, 0.25) is 5.02 Å². The van der Waals surface area contributed by atoms with Crippen LogP contribution >= 0.6 is 11.6 Å². The summed E-state index contributed by atoms with van der Waals surface area (Å²) in [6.45, 7) is 2.68. The number of hydrogen-bond donors (Lipinski definition) is 1. The molecule has 1 aromatic carbocycles. The highest BCUT2D eigenvalue weighted by molar-refractivity contribution is 6.30. The van der Waals surface area contributed by atoms with Crippen molar-refractivity contribution >= 4 is 23.5 Å². The van der Waals surface area contributed by atoms with Gasteiger partial charge in [-0.2, -0.15) is 0 Å². The topological polar surface area (TPSA) is 58.6 Å². The Kier molecular flexibility index (Phi) is 4.99. The number of nitrogens with one attached hydrogen (secondary N) is 1. The van der Waals surface area contributed by atoms with Crippen LogP contribution < -0.4 is 10.1 Å². The van der Waals surface area contributed by atoms with Crippen LogP contribution in [0.15, 0.2) is 24.3 Å². The third-order valence-electron chi connectivity index (χ3n) is 5.16. The Hall–Kier alpha value is -1.75. The molecule has 130 valence electrons. The summed E-state index contributed by atoms with van der Waals surface area (Å²) in [5, 5.41) is 3.52. The van der Waals surface area contributed by atoms with Crippen LogP contribution in [0.4, 0.5) is 4.79 Å². The molecule has 3 amide bonds. The van der Waals surface area contributed by atoms with Gasteiger partial charge in [0, 0.05) is 5.02 Å². The second kappa shape index (κ2) is 7.01. The molecule has 6 heteroatoms. The minimum Gasteiger partial charge on any atom is -0.492 e. The molecule has 1 aliphatic heterocycles. The van der Waals surface area contributed by atoms with Crippen molar-refractivity contribution in [3.63, 3.8) is 0 Å². The summed E-state index contributed by atoms with van der Waals surface area (Å²) < 4.78 is 5.60. The van der Waals surface area contributed by atoms with E-state index in [1.165, 1.54) is 4.90 Å². The molecule has 0 atom stereocenters. The summed E-state index contributed by atoms with van der Waals surface area (Å²) in [7, 11) is 0. The molecule has 1 aliphatic carbocycles. The number of rotatable bonds is 5. The zero-order valence-corrected chi connectivity index (χ0v) is 14.6. The number of carbonyl (C=O) groups excluding carboxylic acids is 2. The van der Waals surface area contributed by atoms with Gasteiger partial charge in [0.05, 0.1) is 6.54 Å². The molecule has 0 bridgehead atoms. The van der Waals surface area contributed by atoms with Gasteiger partial charge in [-0.05, 0) is 49.8 Å². The molecule has 1 aromatic rings. The fraction of sp³-hybridized carbons (Fsp3) is 0.556. The van der Waals surface area contributed by atoms with E-state index in [4.69, 9.17) is 16.3 Å². The van der Waals surface area contributed by atoms with Crippen LogP contribution in [-0.4, -0.2) is 35.5 Å². The van der Waals surface area contributed by atoms with E-state index in [1.807, 2.05) is 0 Å². The first-order chi connectivity index (χ1) is 11.5. The van der Waals surface area contributed by atoms with E-state index in [0.717, 1.165) is 32.1 Å². The number of amides is 3. The van der Waals surface area contributed by atoms with E-state index >= 15 is 0 Å². The van der Waals surface area contributed by atoms with Gasteiger partial charge in [-0.25, -0.2) is 4.79 Å². The number of benzene rings is 1. The summed E-state index contributed by atoms with van der Waals surface area (Å²) in [6, 6.07) is 6.77. The van der Waals surface area contributed by atoms with Crippen LogP contribution in [0.25, 0.3) is 0 Å². The monoisotopic (exact) mass is 350 g/mol. The highest BCUT2D eigenvalue weighted by Crippen LogP contribution is 2.37. The average molecular weight is 351 g/mol. The fourth-order valence-corrected chi connectivity index (χ4v) is 3.79. The predicted octanol–water partition coefficient (Wildman–Crippen LogP) is 3.61. The summed E-state index contributed by atoms with van der Waals surface area (Å²) >= 11 is 5.91. The molecule has 5 nitrogen and oxygen atoms in total. The van der Waals surface area contributed by atoms with Gasteiger partial charge in [0.25, 0.3) is 5.91 Å². The third-order valence-corrected chi connectivity index (χ3v) is 5.40. The number of hydrogen-bond acceptors (Lipinski definition) is 3. The Bertz CT molecular complexity index is 626. The number of ether oxygens (including phenoxy) is 1. The molecule has 3 rings (SSSR count). The van der Waals surface area contributed by atoms with Crippen LogP contribution in [-0.2, 0) is 4.79 Å². The SMILES string of the molecule is CCC1CCC2(CC1)NC(=O)N(CCOc1cccc(Cl)c1)C2=O. The van der Waals surface area contributed by atoms with Gasteiger partial charge in [0.2, 0.25) is 0 Å². The number of imide groups is 1. The van der Waals surface area contributed by atoms with E-state index in [2.05, 4.69) is 12.2 Å². The molecular weight excluding hydrogens is 328 g/mol. The van der Waals surface area contributed by atoms with Gasteiger partial charge in [-0.15, -0.1) is 0 Å². The zero-order chi connectivity index (χ0) is 17.2. The maximum absolute atomic E-state index is 12.8. The summed E-state index contributed by atoms with van der Waals surface area (Å²) in [5.41, 5.74) is -0.682. The van der Waals surface area contributed by atoms with Crippen molar-refractivity contribution in [2.24, 2.45) is 5.92 Å². The Morgan fingerprint density at radius 2 is 2.08 bits per heavy atom. The maximum Gasteiger partial charge on any atom is 0.325 e. The third kappa shape index (κ3) is 3.36. The van der Waals surface area contributed by atoms with Crippen LogP contribution in [0.3, 0.4) is 0 Å². The first-order valence-corrected chi connectivity index (χ1v) is 8.94. The van der Waals surface area contributed by atoms with Gasteiger partial charge in [-0.3, -0.25) is 9.69 Å². The highest BCUT2D eigenvalue weighted by Gasteiger charge is 2.52. The predicted molar refractivity (Wildman–Crippen MR) is 92.2 cm³/mol. The normalized spacial score (nSPS) is 26.8. The van der Waals surface area contributed by atoms with Gasteiger partial charge >= 0.3 is 6.03 Å². The molecule has 1 heterocycles. The average Bonchev–Trinajstić information content (AvgIpc) is 2.80. The van der Waals surface area contributed by atoms with Crippen LogP contribution in [0.1, 0.15) is 39.0 Å². The molecule has 2 fully saturated rings. The van der Waals surface area contributed by atoms with Crippen molar-refractivity contribution in [1.82, 2.24) is 10.2 Å². The molecule has 0 radical (unpaired) electrons. The lowest BCUT2D eigenvalue weighted by molar-refractivity contribution is -0.133. The lowest BCUT2D eigenvalue weighted by atomic mass is 9.75. The molecular formula is C18H23ClN2O3. The fourth-order valence-electron chi connectivity index (χ4n) is 3.61. The number of carbonyl (C=O) groups is 2. The molecule has 1 saturated carbocycles. The van der Waals surface area contributed by atoms with Gasteiger partial charge in [0.1, 0.15) is 17.9 Å². The molecule has 0 unspecified atom stereocenters. The van der Waals surface area contributed by atoms with Crippen molar-refractivity contribution in [3.8, 4) is 5.75 Å². The summed E-state index contributed by atoms with van der Waals surface area (Å²) in [4.78, 5) is 26.3. The smallest absolute Gasteiger partial charge is 0.325 e. The van der Waals surface area contributed by atoms with Crippen LogP contribution in [0, 0.1) is 5.92 Å². The minimum atomic E-state index is -0.682. The van der Waals surface area contributed by atoms with Crippen molar-refractivity contribution < 1.29 is 14.3 Å². The molecule has 1 spiro atoms. The summed E-state index contributed by atoms with van der Waals surface area (Å²) in [6.07, 6.45) is 4.60. The zero-order valence-electron chi connectivity index (χ0n) is 13.9. The summed E-state index contributed by atoms with van der Waals surface area (Å²) in [5.74, 6) is 1.20. The molecule has 1 N–H and O–H groups in total. The van der Waals surface area contributed by atoms with Crippen molar-refractivity contribution in [2.75, 3.05) is 13.2 Å². The second-order valence-corrected chi connectivity index (χ2v) is 7.06. The standard InChI is InChI=1S/C18H23ClN2O3/c1-2-13-6-8-18(9-7-13)16(22)21(17(23)20-18)10-11-24-15-5-3-4-14(19)12-15/h3-5,12-13H,2,6-11H2,1H3,(H,20,23). The van der Waals surface area contributed by atoms with E-state index in [-0.39, 0.29) is 25.1 Å². The Labute approximate surface area is 147 Å². The Morgan fingerprint density at radius 1 is 1.33 bits per heavy atom. The quantitative estimate of drug-likeness (QED) is 0.825. The number of halogens is 1. The van der Waals surface area contributed by atoms with E-state index < -0.39 is 5.54 Å².